The SMILES string of the molecule is Cc1ncc2cc(-c3ccc(-c4csc(C5CC5)n4)cc3Cl)c(=O)n(C[C@H]3CNCCO3)c2n1. The van der Waals surface area contributed by atoms with Gasteiger partial charge in [0.1, 0.15) is 11.5 Å². The molecular weight excluding hydrogens is 470 g/mol. The lowest BCUT2D eigenvalue weighted by molar-refractivity contribution is 0.0183. The van der Waals surface area contributed by atoms with Crippen LogP contribution in [0.15, 0.2) is 40.6 Å². The Morgan fingerprint density at radius 3 is 2.88 bits per heavy atom. The van der Waals surface area contributed by atoms with Gasteiger partial charge in [-0.05, 0) is 31.9 Å². The van der Waals surface area contributed by atoms with Crippen LogP contribution in [0.3, 0.4) is 0 Å². The summed E-state index contributed by atoms with van der Waals surface area (Å²) >= 11 is 8.46. The number of ether oxygens (including phenoxy) is 1. The third kappa shape index (κ3) is 4.15. The molecule has 1 aliphatic carbocycles. The van der Waals surface area contributed by atoms with Crippen LogP contribution in [0, 0.1) is 6.92 Å². The van der Waals surface area contributed by atoms with Gasteiger partial charge in [0.15, 0.2) is 0 Å². The minimum atomic E-state index is -0.140. The molecule has 1 aromatic carbocycles. The van der Waals surface area contributed by atoms with Crippen molar-refractivity contribution in [1.82, 2.24) is 24.8 Å². The van der Waals surface area contributed by atoms with Crippen LogP contribution < -0.4 is 10.9 Å². The van der Waals surface area contributed by atoms with Crippen molar-refractivity contribution in [2.24, 2.45) is 0 Å². The van der Waals surface area contributed by atoms with Gasteiger partial charge in [-0.2, -0.15) is 0 Å². The van der Waals surface area contributed by atoms with E-state index in [2.05, 4.69) is 20.7 Å². The number of hydrogen-bond acceptors (Lipinski definition) is 7. The lowest BCUT2D eigenvalue weighted by Crippen LogP contribution is -2.42. The summed E-state index contributed by atoms with van der Waals surface area (Å²) in [6.45, 7) is 4.36. The van der Waals surface area contributed by atoms with E-state index >= 15 is 0 Å². The summed E-state index contributed by atoms with van der Waals surface area (Å²) in [7, 11) is 0. The normalized spacial score (nSPS) is 18.5. The highest BCUT2D eigenvalue weighted by Crippen LogP contribution is 2.42. The van der Waals surface area contributed by atoms with Crippen molar-refractivity contribution in [2.45, 2.75) is 38.3 Å². The van der Waals surface area contributed by atoms with Crippen molar-refractivity contribution in [1.29, 1.82) is 0 Å². The average molecular weight is 494 g/mol. The highest BCUT2D eigenvalue weighted by molar-refractivity contribution is 7.10. The third-order valence-electron chi connectivity index (χ3n) is 6.34. The Hall–Kier alpha value is -2.65. The van der Waals surface area contributed by atoms with Crippen molar-refractivity contribution in [3.8, 4) is 22.4 Å². The van der Waals surface area contributed by atoms with E-state index in [-0.39, 0.29) is 11.7 Å². The molecule has 0 unspecified atom stereocenters. The number of pyridine rings is 1. The Bertz CT molecular complexity index is 1440. The second kappa shape index (κ2) is 8.85. The minimum absolute atomic E-state index is 0.108. The second-order valence-electron chi connectivity index (χ2n) is 8.91. The molecule has 2 fully saturated rings. The molecule has 34 heavy (non-hydrogen) atoms. The molecule has 174 valence electrons. The first kappa shape index (κ1) is 21.9. The number of aromatic nitrogens is 4. The van der Waals surface area contributed by atoms with E-state index in [1.807, 2.05) is 31.2 Å². The second-order valence-corrected chi connectivity index (χ2v) is 10.2. The summed E-state index contributed by atoms with van der Waals surface area (Å²) in [6.07, 6.45) is 4.11. The van der Waals surface area contributed by atoms with Crippen LogP contribution in [0.1, 0.15) is 29.6 Å². The summed E-state index contributed by atoms with van der Waals surface area (Å²) in [6, 6.07) is 7.63. The number of aryl methyl sites for hydroxylation is 1. The molecule has 1 N–H and O–H groups in total. The fourth-order valence-corrected chi connectivity index (χ4v) is 5.66. The lowest BCUT2D eigenvalue weighted by Gasteiger charge is -2.25. The van der Waals surface area contributed by atoms with E-state index in [1.165, 1.54) is 17.8 Å². The van der Waals surface area contributed by atoms with Crippen molar-refractivity contribution >= 4 is 34.0 Å². The van der Waals surface area contributed by atoms with Crippen molar-refractivity contribution in [3.63, 3.8) is 0 Å². The van der Waals surface area contributed by atoms with Gasteiger partial charge in [-0.3, -0.25) is 9.36 Å². The first-order valence-corrected chi connectivity index (χ1v) is 12.8. The molecule has 1 saturated carbocycles. The molecule has 3 aromatic heterocycles. The van der Waals surface area contributed by atoms with Crippen molar-refractivity contribution < 1.29 is 4.74 Å². The number of halogens is 1. The number of rotatable bonds is 5. The Morgan fingerprint density at radius 1 is 1.24 bits per heavy atom. The van der Waals surface area contributed by atoms with E-state index in [4.69, 9.17) is 21.3 Å². The molecule has 0 bridgehead atoms. The maximum Gasteiger partial charge on any atom is 0.260 e. The predicted octanol–water partition coefficient (Wildman–Crippen LogP) is 4.41. The topological polar surface area (TPSA) is 81.9 Å². The molecule has 1 aliphatic heterocycles. The number of benzene rings is 1. The van der Waals surface area contributed by atoms with Gasteiger partial charge in [0, 0.05) is 57.7 Å². The number of nitrogens with one attached hydrogen (secondary N) is 1. The number of nitrogens with zero attached hydrogens (tertiary/aromatic N) is 4. The van der Waals surface area contributed by atoms with Gasteiger partial charge in [0.25, 0.3) is 5.56 Å². The third-order valence-corrected chi connectivity index (χ3v) is 7.66. The number of hydrogen-bond donors (Lipinski definition) is 1. The summed E-state index contributed by atoms with van der Waals surface area (Å²) < 4.78 is 7.57. The fourth-order valence-electron chi connectivity index (χ4n) is 4.38. The molecule has 0 spiro atoms. The quantitative estimate of drug-likeness (QED) is 0.443. The molecule has 9 heteroatoms. The van der Waals surface area contributed by atoms with E-state index in [9.17, 15) is 4.79 Å². The standard InChI is InChI=1S/C25H24ClN5O2S/c1-14-28-10-17-8-20(25(32)31(23(17)29-14)12-18-11-27-6-7-33-18)19-5-4-16(9-21(19)26)22-13-34-24(30-22)15-2-3-15/h4-5,8-10,13,15,18,27H,2-3,6-7,11-12H2,1H3/t18-/m1/s1. The molecule has 4 heterocycles. The van der Waals surface area contributed by atoms with Gasteiger partial charge in [-0.25, -0.2) is 15.0 Å². The molecule has 6 rings (SSSR count). The highest BCUT2D eigenvalue weighted by atomic mass is 35.5. The molecular formula is C25H24ClN5O2S. The summed E-state index contributed by atoms with van der Waals surface area (Å²) in [5.74, 6) is 1.24. The van der Waals surface area contributed by atoms with Crippen molar-refractivity contribution in [2.75, 3.05) is 19.7 Å². The highest BCUT2D eigenvalue weighted by Gasteiger charge is 2.27. The van der Waals surface area contributed by atoms with Crippen LogP contribution in [0.2, 0.25) is 5.02 Å². The zero-order valence-electron chi connectivity index (χ0n) is 18.8. The maximum absolute atomic E-state index is 13.7. The van der Waals surface area contributed by atoms with E-state index < -0.39 is 0 Å². The Labute approximate surface area is 205 Å². The fraction of sp³-hybridized carbons (Fsp3) is 0.360. The monoisotopic (exact) mass is 493 g/mol. The average Bonchev–Trinajstić information content (AvgIpc) is 3.58. The Balaban J connectivity index is 1.42. The predicted molar refractivity (Wildman–Crippen MR) is 135 cm³/mol. The summed E-state index contributed by atoms with van der Waals surface area (Å²) in [4.78, 5) is 27.4. The van der Waals surface area contributed by atoms with Crippen molar-refractivity contribution in [3.05, 3.63) is 62.1 Å². The molecule has 0 radical (unpaired) electrons. The number of morpholine rings is 1. The molecule has 7 nitrogen and oxygen atoms in total. The minimum Gasteiger partial charge on any atom is -0.374 e. The largest absolute Gasteiger partial charge is 0.374 e. The van der Waals surface area contributed by atoms with Gasteiger partial charge in [0.05, 0.1) is 30.0 Å². The van der Waals surface area contributed by atoms with Gasteiger partial charge in [-0.1, -0.05) is 23.7 Å². The first-order chi connectivity index (χ1) is 16.6. The zero-order valence-corrected chi connectivity index (χ0v) is 20.3. The number of fused-ring (bicyclic) bond motifs is 1. The Kier molecular flexibility index (Phi) is 5.69. The van der Waals surface area contributed by atoms with Crippen LogP contribution >= 0.6 is 22.9 Å². The van der Waals surface area contributed by atoms with E-state index in [1.54, 1.807) is 22.1 Å². The van der Waals surface area contributed by atoms with Crippen LogP contribution in [-0.4, -0.2) is 45.3 Å². The van der Waals surface area contributed by atoms with Gasteiger partial charge < -0.3 is 10.1 Å². The first-order valence-electron chi connectivity index (χ1n) is 11.5. The lowest BCUT2D eigenvalue weighted by atomic mass is 10.0. The maximum atomic E-state index is 13.7. The Morgan fingerprint density at radius 2 is 2.12 bits per heavy atom. The van der Waals surface area contributed by atoms with E-state index in [0.717, 1.165) is 23.2 Å². The molecule has 0 amide bonds. The van der Waals surface area contributed by atoms with Crippen LogP contribution in [-0.2, 0) is 11.3 Å². The zero-order chi connectivity index (χ0) is 23.2. The smallest absolute Gasteiger partial charge is 0.260 e. The van der Waals surface area contributed by atoms with Crippen LogP contribution in [0.25, 0.3) is 33.4 Å². The van der Waals surface area contributed by atoms with Gasteiger partial charge in [0.2, 0.25) is 0 Å². The molecule has 1 atom stereocenters. The van der Waals surface area contributed by atoms with Crippen LogP contribution in [0.4, 0.5) is 0 Å². The summed E-state index contributed by atoms with van der Waals surface area (Å²) in [5.41, 5.74) is 3.57. The van der Waals surface area contributed by atoms with Gasteiger partial charge >= 0.3 is 0 Å². The number of thiazole rings is 1. The molecule has 4 aromatic rings. The molecule has 1 saturated heterocycles. The summed E-state index contributed by atoms with van der Waals surface area (Å²) in [5, 5.41) is 7.91. The van der Waals surface area contributed by atoms with Gasteiger partial charge in [-0.15, -0.1) is 11.3 Å². The van der Waals surface area contributed by atoms with Crippen LogP contribution in [0.5, 0.6) is 0 Å². The van der Waals surface area contributed by atoms with E-state index in [0.29, 0.717) is 53.2 Å². The molecule has 2 aliphatic rings.